The summed E-state index contributed by atoms with van der Waals surface area (Å²) in [5.74, 6) is 1.17. The van der Waals surface area contributed by atoms with Gasteiger partial charge in [-0.15, -0.1) is 0 Å². The van der Waals surface area contributed by atoms with Crippen LogP contribution in [0, 0.1) is 0 Å². The number of amides is 1. The summed E-state index contributed by atoms with van der Waals surface area (Å²) in [6, 6.07) is 25.9. The molecule has 4 aromatic carbocycles. The van der Waals surface area contributed by atoms with Crippen LogP contribution in [-0.4, -0.2) is 31.6 Å². The Morgan fingerprint density at radius 2 is 1.59 bits per heavy atom. The molecule has 5 aromatic rings. The topological polar surface area (TPSA) is 122 Å². The van der Waals surface area contributed by atoms with Gasteiger partial charge >= 0.3 is 0 Å². The van der Waals surface area contributed by atoms with E-state index in [4.69, 9.17) is 32.7 Å². The lowest BCUT2D eigenvalue weighted by Gasteiger charge is -2.13. The molecule has 41 heavy (non-hydrogen) atoms. The smallest absolute Gasteiger partial charge is 0.261 e. The number of anilines is 2. The summed E-state index contributed by atoms with van der Waals surface area (Å²) < 4.78 is 39.7. The zero-order valence-corrected chi connectivity index (χ0v) is 23.7. The highest BCUT2D eigenvalue weighted by Gasteiger charge is 2.20. The third-order valence-corrected chi connectivity index (χ3v) is 7.82. The Hall–Kier alpha value is -4.51. The van der Waals surface area contributed by atoms with Crippen LogP contribution in [-0.2, 0) is 10.0 Å². The van der Waals surface area contributed by atoms with Crippen molar-refractivity contribution in [2.75, 3.05) is 17.1 Å². The molecule has 0 spiro atoms. The van der Waals surface area contributed by atoms with Gasteiger partial charge in [-0.2, -0.15) is 5.10 Å². The van der Waals surface area contributed by atoms with E-state index in [2.05, 4.69) is 20.2 Å². The lowest BCUT2D eigenvalue weighted by atomic mass is 10.1. The predicted molar refractivity (Wildman–Crippen MR) is 159 cm³/mol. The van der Waals surface area contributed by atoms with Crippen LogP contribution in [0.25, 0.3) is 11.3 Å². The van der Waals surface area contributed by atoms with Crippen LogP contribution >= 0.6 is 23.2 Å². The second-order valence-corrected chi connectivity index (χ2v) is 11.2. The predicted octanol–water partition coefficient (Wildman–Crippen LogP) is 7.24. The molecular weight excluding hydrogens is 587 g/mol. The number of hydrogen-bond acceptors (Lipinski definition) is 6. The first-order chi connectivity index (χ1) is 19.7. The number of nitrogens with zero attached hydrogens (tertiary/aromatic N) is 1. The molecule has 0 fully saturated rings. The van der Waals surface area contributed by atoms with Gasteiger partial charge in [0, 0.05) is 11.1 Å². The number of para-hydroxylation sites is 1. The Balaban J connectivity index is 1.32. The van der Waals surface area contributed by atoms with E-state index >= 15 is 0 Å². The van der Waals surface area contributed by atoms with Crippen molar-refractivity contribution in [1.29, 1.82) is 0 Å². The van der Waals surface area contributed by atoms with E-state index in [1.54, 1.807) is 49.6 Å². The Morgan fingerprint density at radius 3 is 2.29 bits per heavy atom. The van der Waals surface area contributed by atoms with E-state index in [1.807, 2.05) is 12.1 Å². The maximum atomic E-state index is 13.2. The van der Waals surface area contributed by atoms with Crippen LogP contribution in [0.1, 0.15) is 10.4 Å². The zero-order valence-electron chi connectivity index (χ0n) is 21.4. The minimum Gasteiger partial charge on any atom is -0.497 e. The molecule has 3 N–H and O–H groups in total. The fourth-order valence-corrected chi connectivity index (χ4v) is 5.25. The van der Waals surface area contributed by atoms with Crippen LogP contribution in [0.5, 0.6) is 17.2 Å². The van der Waals surface area contributed by atoms with Crippen molar-refractivity contribution in [3.8, 4) is 28.5 Å². The Morgan fingerprint density at radius 1 is 0.878 bits per heavy atom. The van der Waals surface area contributed by atoms with Crippen molar-refractivity contribution in [1.82, 2.24) is 10.2 Å². The number of benzene rings is 4. The van der Waals surface area contributed by atoms with Gasteiger partial charge in [0.2, 0.25) is 0 Å². The highest BCUT2D eigenvalue weighted by molar-refractivity contribution is 7.92. The number of ether oxygens (including phenoxy) is 2. The van der Waals surface area contributed by atoms with Gasteiger partial charge in [0.25, 0.3) is 15.9 Å². The van der Waals surface area contributed by atoms with Crippen molar-refractivity contribution >= 4 is 50.6 Å². The summed E-state index contributed by atoms with van der Waals surface area (Å²) in [7, 11) is -2.50. The summed E-state index contributed by atoms with van der Waals surface area (Å²) in [4.78, 5) is 13.1. The molecule has 1 heterocycles. The quantitative estimate of drug-likeness (QED) is 0.162. The number of sulfonamides is 1. The average molecular weight is 609 g/mol. The number of H-pyrrole nitrogens is 1. The van der Waals surface area contributed by atoms with Gasteiger partial charge in [-0.3, -0.25) is 14.6 Å². The Labute approximate surface area is 246 Å². The van der Waals surface area contributed by atoms with Gasteiger partial charge in [0.1, 0.15) is 17.2 Å². The maximum absolute atomic E-state index is 13.2. The molecule has 9 nitrogen and oxygen atoms in total. The van der Waals surface area contributed by atoms with E-state index in [1.165, 1.54) is 42.5 Å². The number of nitrogens with one attached hydrogen (secondary N) is 3. The third kappa shape index (κ3) is 6.63. The van der Waals surface area contributed by atoms with E-state index in [-0.39, 0.29) is 27.0 Å². The third-order valence-electron chi connectivity index (χ3n) is 5.89. The van der Waals surface area contributed by atoms with Crippen LogP contribution in [0.3, 0.4) is 0 Å². The molecule has 1 aromatic heterocycles. The number of aromatic nitrogens is 2. The van der Waals surface area contributed by atoms with E-state index in [9.17, 15) is 13.2 Å². The van der Waals surface area contributed by atoms with Crippen molar-refractivity contribution in [3.63, 3.8) is 0 Å². The number of aromatic amines is 1. The molecule has 0 radical (unpaired) electrons. The summed E-state index contributed by atoms with van der Waals surface area (Å²) in [6.07, 6.45) is 0. The molecule has 0 bridgehead atoms. The van der Waals surface area contributed by atoms with Crippen LogP contribution in [0.2, 0.25) is 10.0 Å². The lowest BCUT2D eigenvalue weighted by Crippen LogP contribution is -2.19. The highest BCUT2D eigenvalue weighted by atomic mass is 35.5. The van der Waals surface area contributed by atoms with Crippen LogP contribution in [0.15, 0.2) is 102 Å². The molecule has 1 amide bonds. The average Bonchev–Trinajstić information content (AvgIpc) is 3.44. The fraction of sp³-hybridized carbons (Fsp3) is 0.0345. The van der Waals surface area contributed by atoms with Crippen molar-refractivity contribution in [2.24, 2.45) is 0 Å². The molecule has 208 valence electrons. The number of halogens is 2. The maximum Gasteiger partial charge on any atom is 0.261 e. The van der Waals surface area contributed by atoms with E-state index < -0.39 is 15.9 Å². The Bertz CT molecular complexity index is 1810. The number of methoxy groups -OCH3 is 1. The number of carbonyl (C=O) groups is 1. The van der Waals surface area contributed by atoms with Crippen LogP contribution in [0.4, 0.5) is 11.5 Å². The fourth-order valence-electron chi connectivity index (χ4n) is 3.83. The first kappa shape index (κ1) is 28.0. The van der Waals surface area contributed by atoms with Gasteiger partial charge in [0.05, 0.1) is 34.0 Å². The molecule has 0 unspecified atom stereocenters. The second kappa shape index (κ2) is 11.9. The summed E-state index contributed by atoms with van der Waals surface area (Å²) in [5.41, 5.74) is 1.54. The van der Waals surface area contributed by atoms with Crippen molar-refractivity contribution in [2.45, 2.75) is 4.90 Å². The molecule has 0 saturated heterocycles. The monoisotopic (exact) mass is 608 g/mol. The van der Waals surface area contributed by atoms with Gasteiger partial charge in [0.15, 0.2) is 5.82 Å². The molecule has 12 heteroatoms. The van der Waals surface area contributed by atoms with Gasteiger partial charge in [-0.25, -0.2) is 8.42 Å². The summed E-state index contributed by atoms with van der Waals surface area (Å²) >= 11 is 12.3. The molecular formula is C29H22Cl2N4O5S. The van der Waals surface area contributed by atoms with Crippen molar-refractivity contribution in [3.05, 3.63) is 113 Å². The first-order valence-electron chi connectivity index (χ1n) is 12.1. The molecule has 0 aliphatic carbocycles. The molecule has 5 rings (SSSR count). The first-order valence-corrected chi connectivity index (χ1v) is 14.3. The SMILES string of the molecule is COc1ccc(-c2cc(NC(=O)c3cc(Cl)ccc3NS(=O)(=O)c3ccc(Oc4ccccc4Cl)cc3)n[nH]2)cc1. The number of carbonyl (C=O) groups excluding carboxylic acids is 1. The van der Waals surface area contributed by atoms with Crippen molar-refractivity contribution < 1.29 is 22.7 Å². The van der Waals surface area contributed by atoms with Crippen LogP contribution < -0.4 is 19.5 Å². The van der Waals surface area contributed by atoms with E-state index in [0.717, 1.165) is 5.56 Å². The minimum atomic E-state index is -4.08. The zero-order chi connectivity index (χ0) is 29.0. The van der Waals surface area contributed by atoms with Gasteiger partial charge in [-0.1, -0.05) is 35.3 Å². The number of hydrogen-bond donors (Lipinski definition) is 3. The van der Waals surface area contributed by atoms with Gasteiger partial charge < -0.3 is 14.8 Å². The normalized spacial score (nSPS) is 11.1. The minimum absolute atomic E-state index is 0.00810. The summed E-state index contributed by atoms with van der Waals surface area (Å²) in [5, 5.41) is 10.3. The largest absolute Gasteiger partial charge is 0.497 e. The number of rotatable bonds is 9. The molecule has 0 saturated carbocycles. The molecule has 0 aliphatic rings. The Kier molecular flexibility index (Phi) is 8.16. The highest BCUT2D eigenvalue weighted by Crippen LogP contribution is 2.30. The molecule has 0 atom stereocenters. The lowest BCUT2D eigenvalue weighted by molar-refractivity contribution is 0.102. The second-order valence-electron chi connectivity index (χ2n) is 8.65. The summed E-state index contributed by atoms with van der Waals surface area (Å²) in [6.45, 7) is 0. The van der Waals surface area contributed by atoms with E-state index in [0.29, 0.717) is 28.0 Å². The van der Waals surface area contributed by atoms with Gasteiger partial charge in [-0.05, 0) is 84.4 Å². The standard InChI is InChI=1S/C29H22Cl2N4O5S/c1-39-20-9-6-18(7-10-20)26-17-28(34-33-26)32-29(36)23-16-19(30)8-15-25(23)35-41(37,38)22-13-11-21(12-14-22)40-27-5-3-2-4-24(27)31/h2-17,35H,1H3,(H2,32,33,34,36). The molecule has 0 aliphatic heterocycles.